The molecule has 1 fully saturated rings. The van der Waals surface area contributed by atoms with E-state index in [1.165, 1.54) is 32.3 Å². The summed E-state index contributed by atoms with van der Waals surface area (Å²) in [4.78, 5) is 11.7. The van der Waals surface area contributed by atoms with Crippen LogP contribution in [0.5, 0.6) is 5.75 Å². The van der Waals surface area contributed by atoms with Crippen LogP contribution in [0.1, 0.15) is 6.92 Å². The summed E-state index contributed by atoms with van der Waals surface area (Å²) in [5, 5.41) is 12.1. The standard InChI is InChI=1S/C12H16N2O5S/c1-7-11(19-7)12(16)13-9-6-8(4-5-10(9)15)20(17,18)14(2)3/h4-7,11,15H,1-3H3,(H,13,16)/t7-,11+/m0/s1. The molecular formula is C12H16N2O5S. The van der Waals surface area contributed by atoms with E-state index in [1.807, 2.05) is 0 Å². The minimum absolute atomic E-state index is 0.0136. The molecule has 2 atom stereocenters. The zero-order chi connectivity index (χ0) is 15.1. The first-order chi connectivity index (χ1) is 9.23. The van der Waals surface area contributed by atoms with Crippen LogP contribution in [-0.4, -0.2) is 50.0 Å². The molecule has 1 aromatic rings. The van der Waals surface area contributed by atoms with Crippen LogP contribution in [0.25, 0.3) is 0 Å². The van der Waals surface area contributed by atoms with Crippen LogP contribution in [0.4, 0.5) is 5.69 Å². The molecule has 8 heteroatoms. The minimum atomic E-state index is -3.63. The smallest absolute Gasteiger partial charge is 0.256 e. The van der Waals surface area contributed by atoms with Gasteiger partial charge in [0.1, 0.15) is 5.75 Å². The zero-order valence-electron chi connectivity index (χ0n) is 11.3. The molecule has 1 aliphatic rings. The Morgan fingerprint density at radius 1 is 1.40 bits per heavy atom. The van der Waals surface area contributed by atoms with Crippen molar-refractivity contribution in [1.82, 2.24) is 4.31 Å². The molecule has 0 saturated carbocycles. The second-order valence-corrected chi connectivity index (χ2v) is 6.87. The number of benzene rings is 1. The van der Waals surface area contributed by atoms with E-state index in [2.05, 4.69) is 5.32 Å². The molecule has 0 aliphatic carbocycles. The number of sulfonamides is 1. The highest BCUT2D eigenvalue weighted by atomic mass is 32.2. The van der Waals surface area contributed by atoms with Gasteiger partial charge < -0.3 is 15.2 Å². The lowest BCUT2D eigenvalue weighted by Crippen LogP contribution is -2.23. The van der Waals surface area contributed by atoms with E-state index >= 15 is 0 Å². The van der Waals surface area contributed by atoms with Crippen LogP contribution in [0.3, 0.4) is 0 Å². The lowest BCUT2D eigenvalue weighted by atomic mass is 10.2. The van der Waals surface area contributed by atoms with Crippen LogP contribution >= 0.6 is 0 Å². The van der Waals surface area contributed by atoms with E-state index in [1.54, 1.807) is 6.92 Å². The lowest BCUT2D eigenvalue weighted by Gasteiger charge is -2.13. The van der Waals surface area contributed by atoms with Gasteiger partial charge in [0.05, 0.1) is 16.7 Å². The predicted molar refractivity (Wildman–Crippen MR) is 71.9 cm³/mol. The molecule has 1 amide bonds. The predicted octanol–water partition coefficient (Wildman–Crippen LogP) is 0.368. The third-order valence-electron chi connectivity index (χ3n) is 2.97. The molecule has 0 radical (unpaired) electrons. The van der Waals surface area contributed by atoms with Crippen molar-refractivity contribution < 1.29 is 23.1 Å². The number of hydrogen-bond donors (Lipinski definition) is 2. The molecule has 0 bridgehead atoms. The fraction of sp³-hybridized carbons (Fsp3) is 0.417. The Morgan fingerprint density at radius 3 is 2.50 bits per heavy atom. The molecular weight excluding hydrogens is 284 g/mol. The van der Waals surface area contributed by atoms with E-state index in [9.17, 15) is 18.3 Å². The summed E-state index contributed by atoms with van der Waals surface area (Å²) in [5.41, 5.74) is 0.0422. The van der Waals surface area contributed by atoms with E-state index < -0.39 is 22.0 Å². The maximum atomic E-state index is 12.0. The van der Waals surface area contributed by atoms with E-state index in [0.29, 0.717) is 0 Å². The first kappa shape index (κ1) is 14.8. The fourth-order valence-corrected chi connectivity index (χ4v) is 2.58. The van der Waals surface area contributed by atoms with Gasteiger partial charge in [-0.05, 0) is 25.1 Å². The summed E-state index contributed by atoms with van der Waals surface area (Å²) in [6.07, 6.45) is -0.714. The van der Waals surface area contributed by atoms with Crippen molar-refractivity contribution in [3.05, 3.63) is 18.2 Å². The highest BCUT2D eigenvalue weighted by Crippen LogP contribution is 2.29. The number of carbonyl (C=O) groups is 1. The maximum absolute atomic E-state index is 12.0. The Hall–Kier alpha value is -1.64. The summed E-state index contributed by atoms with van der Waals surface area (Å²) < 4.78 is 30.0. The normalized spacial score (nSPS) is 21.8. The highest BCUT2D eigenvalue weighted by Gasteiger charge is 2.41. The molecule has 0 unspecified atom stereocenters. The Bertz CT molecular complexity index is 641. The second-order valence-electron chi connectivity index (χ2n) is 4.72. The number of nitrogens with one attached hydrogen (secondary N) is 1. The van der Waals surface area contributed by atoms with Gasteiger partial charge in [0.15, 0.2) is 6.10 Å². The van der Waals surface area contributed by atoms with Gasteiger partial charge in [-0.1, -0.05) is 0 Å². The minimum Gasteiger partial charge on any atom is -0.506 e. The summed E-state index contributed by atoms with van der Waals surface area (Å²) in [7, 11) is -0.822. The Balaban J connectivity index is 2.28. The first-order valence-electron chi connectivity index (χ1n) is 5.95. The number of phenols is 1. The van der Waals surface area contributed by atoms with Gasteiger partial charge in [-0.2, -0.15) is 0 Å². The number of amides is 1. The van der Waals surface area contributed by atoms with Crippen molar-refractivity contribution in [2.24, 2.45) is 0 Å². The van der Waals surface area contributed by atoms with E-state index in [4.69, 9.17) is 4.74 Å². The van der Waals surface area contributed by atoms with Crippen molar-refractivity contribution in [3.8, 4) is 5.75 Å². The van der Waals surface area contributed by atoms with Gasteiger partial charge in [-0.3, -0.25) is 4.79 Å². The molecule has 1 saturated heterocycles. The summed E-state index contributed by atoms with van der Waals surface area (Å²) in [6.45, 7) is 1.75. The Kier molecular flexibility index (Phi) is 3.72. The summed E-state index contributed by atoms with van der Waals surface area (Å²) in [5.74, 6) is -0.614. The van der Waals surface area contributed by atoms with Crippen LogP contribution < -0.4 is 5.32 Å². The number of hydrogen-bond acceptors (Lipinski definition) is 5. The summed E-state index contributed by atoms with van der Waals surface area (Å²) in [6, 6.07) is 3.72. The Labute approximate surface area is 117 Å². The molecule has 0 spiro atoms. The summed E-state index contributed by atoms with van der Waals surface area (Å²) >= 11 is 0. The van der Waals surface area contributed by atoms with E-state index in [0.717, 1.165) is 4.31 Å². The number of carbonyl (C=O) groups excluding carboxylic acids is 1. The van der Waals surface area contributed by atoms with Crippen LogP contribution in [0, 0.1) is 0 Å². The van der Waals surface area contributed by atoms with Gasteiger partial charge in [0.25, 0.3) is 5.91 Å². The molecule has 1 heterocycles. The molecule has 2 N–H and O–H groups in total. The van der Waals surface area contributed by atoms with Gasteiger partial charge in [-0.25, -0.2) is 12.7 Å². The molecule has 20 heavy (non-hydrogen) atoms. The number of epoxide rings is 1. The number of phenolic OH excluding ortho intramolecular Hbond substituents is 1. The number of aromatic hydroxyl groups is 1. The maximum Gasteiger partial charge on any atom is 0.256 e. The quantitative estimate of drug-likeness (QED) is 0.618. The van der Waals surface area contributed by atoms with Gasteiger partial charge in [0.2, 0.25) is 10.0 Å². The molecule has 110 valence electrons. The molecule has 1 aromatic carbocycles. The van der Waals surface area contributed by atoms with Crippen LogP contribution in [-0.2, 0) is 19.6 Å². The van der Waals surface area contributed by atoms with Crippen molar-refractivity contribution in [2.45, 2.75) is 24.0 Å². The molecule has 0 aromatic heterocycles. The monoisotopic (exact) mass is 300 g/mol. The number of nitrogens with zero attached hydrogens (tertiary/aromatic N) is 1. The van der Waals surface area contributed by atoms with Gasteiger partial charge in [0, 0.05) is 14.1 Å². The number of anilines is 1. The highest BCUT2D eigenvalue weighted by molar-refractivity contribution is 7.89. The zero-order valence-corrected chi connectivity index (χ0v) is 12.1. The van der Waals surface area contributed by atoms with Crippen molar-refractivity contribution in [2.75, 3.05) is 19.4 Å². The van der Waals surface area contributed by atoms with Gasteiger partial charge in [-0.15, -0.1) is 0 Å². The SMILES string of the molecule is C[C@@H]1O[C@H]1C(=O)Nc1cc(S(=O)(=O)N(C)C)ccc1O. The average Bonchev–Trinajstić information content (AvgIpc) is 3.09. The van der Waals surface area contributed by atoms with Crippen LogP contribution in [0.15, 0.2) is 23.1 Å². The Morgan fingerprint density at radius 2 is 2.00 bits per heavy atom. The molecule has 1 aliphatic heterocycles. The van der Waals surface area contributed by atoms with E-state index in [-0.39, 0.29) is 22.4 Å². The molecule has 7 nitrogen and oxygen atoms in total. The van der Waals surface area contributed by atoms with Crippen molar-refractivity contribution in [1.29, 1.82) is 0 Å². The largest absolute Gasteiger partial charge is 0.506 e. The fourth-order valence-electron chi connectivity index (χ4n) is 1.65. The van der Waals surface area contributed by atoms with Gasteiger partial charge >= 0.3 is 0 Å². The molecule has 2 rings (SSSR count). The van der Waals surface area contributed by atoms with Crippen LogP contribution in [0.2, 0.25) is 0 Å². The third kappa shape index (κ3) is 2.77. The second kappa shape index (κ2) is 5.04. The topological polar surface area (TPSA) is 99.2 Å². The lowest BCUT2D eigenvalue weighted by molar-refractivity contribution is -0.117. The number of rotatable bonds is 4. The number of ether oxygens (including phenoxy) is 1. The van der Waals surface area contributed by atoms with Crippen molar-refractivity contribution >= 4 is 21.6 Å². The third-order valence-corrected chi connectivity index (χ3v) is 4.78. The average molecular weight is 300 g/mol. The first-order valence-corrected chi connectivity index (χ1v) is 7.39. The van der Waals surface area contributed by atoms with Crippen molar-refractivity contribution in [3.63, 3.8) is 0 Å².